The van der Waals surface area contributed by atoms with Gasteiger partial charge in [0.2, 0.25) is 0 Å². The van der Waals surface area contributed by atoms with E-state index in [1.165, 1.54) is 43.7 Å². The molecular formula is C26H28BrFN2O7. The number of hydrogen-bond donors (Lipinski definition) is 1. The number of benzene rings is 2. The van der Waals surface area contributed by atoms with Crippen molar-refractivity contribution in [2.24, 2.45) is 0 Å². The van der Waals surface area contributed by atoms with Crippen LogP contribution in [-0.2, 0) is 26.4 Å². The number of rotatable bonds is 8. The maximum Gasteiger partial charge on any atom is 0.332 e. The Morgan fingerprint density at radius 1 is 1.22 bits per heavy atom. The normalized spacial score (nSPS) is 15.6. The number of aromatic nitrogens is 2. The zero-order chi connectivity index (χ0) is 26.9. The molecule has 37 heavy (non-hydrogen) atoms. The van der Waals surface area contributed by atoms with Crippen LogP contribution in [0.3, 0.4) is 0 Å². The van der Waals surface area contributed by atoms with Crippen molar-refractivity contribution in [3.63, 3.8) is 0 Å². The minimum Gasteiger partial charge on any atom is -0.496 e. The van der Waals surface area contributed by atoms with Gasteiger partial charge in [0.25, 0.3) is 5.56 Å². The van der Waals surface area contributed by atoms with Crippen LogP contribution in [0.1, 0.15) is 38.4 Å². The second kappa shape index (κ2) is 10.8. The van der Waals surface area contributed by atoms with Gasteiger partial charge in [0, 0.05) is 23.2 Å². The number of carbonyl (C=O) groups is 1. The highest BCUT2D eigenvalue weighted by molar-refractivity contribution is 9.10. The van der Waals surface area contributed by atoms with Crippen LogP contribution in [0, 0.1) is 5.82 Å². The molecule has 1 aliphatic rings. The number of fused-ring (bicyclic) bond motifs is 1. The molecule has 3 aromatic rings. The average Bonchev–Trinajstić information content (AvgIpc) is 2.86. The fourth-order valence-electron chi connectivity index (χ4n) is 4.49. The van der Waals surface area contributed by atoms with Gasteiger partial charge in [0.15, 0.2) is 0 Å². The number of carboxylic acids is 1. The van der Waals surface area contributed by atoms with Gasteiger partial charge in [-0.3, -0.25) is 9.36 Å². The van der Waals surface area contributed by atoms with Crippen molar-refractivity contribution in [1.82, 2.24) is 9.13 Å². The highest BCUT2D eigenvalue weighted by atomic mass is 79.9. The van der Waals surface area contributed by atoms with Gasteiger partial charge in [-0.15, -0.1) is 0 Å². The number of aliphatic carboxylic acids is 1. The molecular weight excluding hydrogens is 551 g/mol. The summed E-state index contributed by atoms with van der Waals surface area (Å²) in [6.45, 7) is 3.47. The lowest BCUT2D eigenvalue weighted by Crippen LogP contribution is -2.53. The lowest BCUT2D eigenvalue weighted by atomic mass is 10.0. The molecule has 1 aliphatic heterocycles. The lowest BCUT2D eigenvalue weighted by Gasteiger charge is -2.30. The first-order valence-corrected chi connectivity index (χ1v) is 12.6. The Morgan fingerprint density at radius 2 is 1.92 bits per heavy atom. The molecule has 1 unspecified atom stereocenters. The summed E-state index contributed by atoms with van der Waals surface area (Å²) in [6, 6.07) is 8.87. The molecule has 0 bridgehead atoms. The van der Waals surface area contributed by atoms with Gasteiger partial charge in [-0.1, -0.05) is 15.9 Å². The highest BCUT2D eigenvalue weighted by Crippen LogP contribution is 2.33. The van der Waals surface area contributed by atoms with Crippen molar-refractivity contribution in [2.45, 2.75) is 51.0 Å². The van der Waals surface area contributed by atoms with Crippen molar-refractivity contribution in [2.75, 3.05) is 20.3 Å². The Balaban J connectivity index is 1.95. The fourth-order valence-corrected chi connectivity index (χ4v) is 4.85. The Morgan fingerprint density at radius 3 is 2.57 bits per heavy atom. The van der Waals surface area contributed by atoms with Gasteiger partial charge < -0.3 is 19.3 Å². The number of halogens is 2. The molecule has 0 radical (unpaired) electrons. The molecule has 198 valence electrons. The van der Waals surface area contributed by atoms with E-state index >= 15 is 0 Å². The number of methoxy groups -OCH3 is 1. The number of nitrogens with zero attached hydrogens (tertiary/aromatic N) is 2. The molecule has 11 heteroatoms. The summed E-state index contributed by atoms with van der Waals surface area (Å²) in [7, 11) is 1.46. The summed E-state index contributed by atoms with van der Waals surface area (Å²) in [5.41, 5.74) is -2.69. The minimum absolute atomic E-state index is 0.121. The summed E-state index contributed by atoms with van der Waals surface area (Å²) >= 11 is 3.35. The van der Waals surface area contributed by atoms with E-state index in [-0.39, 0.29) is 18.0 Å². The van der Waals surface area contributed by atoms with Gasteiger partial charge in [0.1, 0.15) is 23.2 Å². The largest absolute Gasteiger partial charge is 0.496 e. The Kier molecular flexibility index (Phi) is 7.86. The predicted octanol–water partition coefficient (Wildman–Crippen LogP) is 3.83. The fraction of sp³-hybridized carbons (Fsp3) is 0.423. The number of hydrogen-bond acceptors (Lipinski definition) is 6. The molecule has 0 amide bonds. The van der Waals surface area contributed by atoms with Crippen LogP contribution in [0.15, 0.2) is 50.5 Å². The van der Waals surface area contributed by atoms with Gasteiger partial charge in [-0.05, 0) is 63.1 Å². The van der Waals surface area contributed by atoms with E-state index in [4.69, 9.17) is 14.2 Å². The van der Waals surface area contributed by atoms with Crippen molar-refractivity contribution in [1.29, 1.82) is 0 Å². The second-order valence-electron chi connectivity index (χ2n) is 9.38. The molecule has 1 aromatic heterocycles. The van der Waals surface area contributed by atoms with Crippen LogP contribution in [0.2, 0.25) is 0 Å². The van der Waals surface area contributed by atoms with Crippen molar-refractivity contribution in [3.8, 4) is 5.75 Å². The van der Waals surface area contributed by atoms with E-state index in [9.17, 15) is 23.9 Å². The third-order valence-corrected chi connectivity index (χ3v) is 7.09. The van der Waals surface area contributed by atoms with Crippen LogP contribution in [-0.4, -0.2) is 46.6 Å². The van der Waals surface area contributed by atoms with Crippen LogP contribution in [0.25, 0.3) is 10.9 Å². The molecule has 0 spiro atoms. The molecule has 2 heterocycles. The molecule has 0 saturated carbocycles. The van der Waals surface area contributed by atoms with Crippen LogP contribution >= 0.6 is 15.9 Å². The quantitative estimate of drug-likeness (QED) is 0.432. The molecule has 1 saturated heterocycles. The maximum atomic E-state index is 14.4. The summed E-state index contributed by atoms with van der Waals surface area (Å²) < 4.78 is 34.3. The predicted molar refractivity (Wildman–Crippen MR) is 138 cm³/mol. The van der Waals surface area contributed by atoms with E-state index in [1.54, 1.807) is 18.2 Å². The third-order valence-electron chi connectivity index (χ3n) is 6.60. The number of carboxylic acid groups (broad SMARTS) is 1. The zero-order valence-corrected chi connectivity index (χ0v) is 22.3. The standard InChI is InChI=1S/C26H28BrFN2O7/c1-26(2,24(32)33)30-23(31)18-12-15(27)4-6-20(18)29(25(30)34)14-22(37-17-8-10-36-11-9-17)19-13-16(28)5-7-21(19)35-3/h4-7,12-13,17,22H,8-11,14H2,1-3H3,(H,32,33). The van der Waals surface area contributed by atoms with Gasteiger partial charge >= 0.3 is 11.7 Å². The first kappa shape index (κ1) is 27.0. The highest BCUT2D eigenvalue weighted by Gasteiger charge is 2.35. The SMILES string of the molecule is COc1ccc(F)cc1C(Cn1c(=O)n(C(C)(C)C(=O)O)c(=O)c2cc(Br)ccc21)OC1CCOCC1. The summed E-state index contributed by atoms with van der Waals surface area (Å²) in [5.74, 6) is -1.47. The van der Waals surface area contributed by atoms with E-state index in [0.29, 0.717) is 47.4 Å². The maximum absolute atomic E-state index is 14.4. The van der Waals surface area contributed by atoms with Gasteiger partial charge in [-0.25, -0.2) is 18.5 Å². The smallest absolute Gasteiger partial charge is 0.332 e. The lowest BCUT2D eigenvalue weighted by molar-refractivity contribution is -0.146. The minimum atomic E-state index is -1.83. The van der Waals surface area contributed by atoms with E-state index in [2.05, 4.69) is 15.9 Å². The Hall–Kier alpha value is -3.02. The number of ether oxygens (including phenoxy) is 3. The van der Waals surface area contributed by atoms with Crippen molar-refractivity contribution >= 4 is 32.8 Å². The Bertz CT molecular complexity index is 1440. The first-order chi connectivity index (χ1) is 17.5. The summed E-state index contributed by atoms with van der Waals surface area (Å²) in [4.78, 5) is 39.2. The molecule has 1 N–H and O–H groups in total. The second-order valence-corrected chi connectivity index (χ2v) is 10.3. The first-order valence-electron chi connectivity index (χ1n) is 11.8. The molecule has 1 fully saturated rings. The topological polar surface area (TPSA) is 109 Å². The van der Waals surface area contributed by atoms with E-state index in [1.807, 2.05) is 0 Å². The van der Waals surface area contributed by atoms with Gasteiger partial charge in [0.05, 0.1) is 30.7 Å². The van der Waals surface area contributed by atoms with E-state index < -0.39 is 34.7 Å². The van der Waals surface area contributed by atoms with Crippen LogP contribution in [0.4, 0.5) is 4.39 Å². The van der Waals surface area contributed by atoms with Crippen molar-refractivity contribution < 1.29 is 28.5 Å². The average molecular weight is 579 g/mol. The van der Waals surface area contributed by atoms with Crippen LogP contribution in [0.5, 0.6) is 5.75 Å². The monoisotopic (exact) mass is 578 g/mol. The van der Waals surface area contributed by atoms with Gasteiger partial charge in [-0.2, -0.15) is 0 Å². The van der Waals surface area contributed by atoms with Crippen LogP contribution < -0.4 is 16.0 Å². The van der Waals surface area contributed by atoms with Crippen molar-refractivity contribution in [3.05, 3.63) is 73.1 Å². The Labute approximate surface area is 220 Å². The zero-order valence-electron chi connectivity index (χ0n) is 20.7. The molecule has 0 aliphatic carbocycles. The summed E-state index contributed by atoms with van der Waals surface area (Å²) in [6.07, 6.45) is 0.159. The summed E-state index contributed by atoms with van der Waals surface area (Å²) in [5, 5.41) is 9.98. The third kappa shape index (κ3) is 5.34. The molecule has 9 nitrogen and oxygen atoms in total. The molecule has 2 aromatic carbocycles. The molecule has 1 atom stereocenters. The molecule has 4 rings (SSSR count). The van der Waals surface area contributed by atoms with E-state index in [0.717, 1.165) is 4.57 Å².